The Bertz CT molecular complexity index is 1300. The molecule has 3 aromatic rings. The van der Waals surface area contributed by atoms with Crippen LogP contribution in [-0.2, 0) is 9.59 Å². The summed E-state index contributed by atoms with van der Waals surface area (Å²) in [7, 11) is 0. The predicted molar refractivity (Wildman–Crippen MR) is 129 cm³/mol. The first-order valence-electron chi connectivity index (χ1n) is 11.3. The molecule has 1 saturated carbocycles. The van der Waals surface area contributed by atoms with E-state index in [-0.39, 0.29) is 11.7 Å². The number of allylic oxidation sites excluding steroid dienone is 1. The lowest BCUT2D eigenvalue weighted by atomic mass is 9.67. The molecule has 170 valence electrons. The van der Waals surface area contributed by atoms with Gasteiger partial charge in [-0.2, -0.15) is 0 Å². The zero-order valence-electron chi connectivity index (χ0n) is 18.7. The highest BCUT2D eigenvalue weighted by Gasteiger charge is 2.46. The minimum Gasteiger partial charge on any atom is -0.322 e. The number of Topliss-reactive ketones (excluding diaryl/α,β-unsaturated/α-hetero) is 1. The molecule has 1 aliphatic carbocycles. The van der Waals surface area contributed by atoms with Gasteiger partial charge >= 0.3 is 0 Å². The lowest BCUT2D eigenvalue weighted by molar-refractivity contribution is -0.122. The van der Waals surface area contributed by atoms with E-state index < -0.39 is 23.6 Å². The van der Waals surface area contributed by atoms with Crippen molar-refractivity contribution < 1.29 is 14.0 Å². The summed E-state index contributed by atoms with van der Waals surface area (Å²) >= 11 is 0. The van der Waals surface area contributed by atoms with Crippen LogP contribution in [0.3, 0.4) is 0 Å². The third-order valence-corrected chi connectivity index (χ3v) is 6.56. The van der Waals surface area contributed by atoms with Crippen LogP contribution >= 0.6 is 0 Å². The summed E-state index contributed by atoms with van der Waals surface area (Å²) < 4.78 is 13.7. The van der Waals surface area contributed by atoms with Gasteiger partial charge in [-0.15, -0.1) is 0 Å². The summed E-state index contributed by atoms with van der Waals surface area (Å²) in [5.41, 5.74) is 3.85. The highest BCUT2D eigenvalue weighted by atomic mass is 19.1. The number of halogens is 1. The van der Waals surface area contributed by atoms with Crippen molar-refractivity contribution in [2.75, 3.05) is 5.32 Å². The highest BCUT2D eigenvalue weighted by Crippen LogP contribution is 2.45. The normalized spacial score (nSPS) is 22.1. The average Bonchev–Trinajstić information content (AvgIpc) is 2.84. The molecule has 3 atom stereocenters. The second-order valence-corrected chi connectivity index (χ2v) is 8.76. The van der Waals surface area contributed by atoms with Crippen LogP contribution in [0.2, 0.25) is 0 Å². The zero-order valence-corrected chi connectivity index (χ0v) is 18.7. The Morgan fingerprint density at radius 3 is 2.50 bits per heavy atom. The molecule has 5 rings (SSSR count). The van der Waals surface area contributed by atoms with Crippen LogP contribution in [0.1, 0.15) is 42.9 Å². The molecule has 1 fully saturated rings. The standard InChI is InChI=1S/C28H24FN3O2/c1-17-25(28(34)32-21-11-7-10-20(29)16-21)27(22-12-5-6-13-30-22)26-23(31-17)14-19(15-24(26)33)18-8-3-2-4-9-18/h2-13,16,19,26-27H,14-15H2,1H3,(H,32,34)/t19-,26-,27+/m1/s1. The third kappa shape index (κ3) is 4.19. The Morgan fingerprint density at radius 2 is 1.76 bits per heavy atom. The fourth-order valence-electron chi connectivity index (χ4n) is 5.08. The van der Waals surface area contributed by atoms with Crippen molar-refractivity contribution >= 4 is 23.1 Å². The van der Waals surface area contributed by atoms with Crippen molar-refractivity contribution in [2.45, 2.75) is 31.6 Å². The molecule has 0 unspecified atom stereocenters. The molecule has 0 radical (unpaired) electrons. The third-order valence-electron chi connectivity index (χ3n) is 6.56. The van der Waals surface area contributed by atoms with Crippen LogP contribution < -0.4 is 5.32 Å². The van der Waals surface area contributed by atoms with Gasteiger partial charge in [0.05, 0.1) is 5.92 Å². The Morgan fingerprint density at radius 1 is 0.971 bits per heavy atom. The molecule has 2 heterocycles. The van der Waals surface area contributed by atoms with Gasteiger partial charge in [-0.05, 0) is 55.2 Å². The van der Waals surface area contributed by atoms with E-state index in [0.29, 0.717) is 35.5 Å². The number of carbonyl (C=O) groups is 2. The number of pyridine rings is 1. The minimum absolute atomic E-state index is 0.0538. The number of nitrogens with zero attached hydrogens (tertiary/aromatic N) is 2. The predicted octanol–water partition coefficient (Wildman–Crippen LogP) is 5.43. The number of amides is 1. The van der Waals surface area contributed by atoms with E-state index in [1.807, 2.05) is 42.5 Å². The maximum absolute atomic E-state index is 13.7. The minimum atomic E-state index is -0.550. The van der Waals surface area contributed by atoms with Gasteiger partial charge in [-0.3, -0.25) is 19.6 Å². The van der Waals surface area contributed by atoms with E-state index >= 15 is 0 Å². The monoisotopic (exact) mass is 453 g/mol. The van der Waals surface area contributed by atoms with Crippen molar-refractivity contribution in [2.24, 2.45) is 10.9 Å². The summed E-state index contributed by atoms with van der Waals surface area (Å²) in [6, 6.07) is 21.2. The molecule has 1 aromatic heterocycles. The SMILES string of the molecule is CC1=C(C(=O)Nc2cccc(F)c2)[C@H](c2ccccn2)[C@H]2C(=O)C[C@H](c3ccccc3)CC2=N1. The number of rotatable bonds is 4. The van der Waals surface area contributed by atoms with Crippen molar-refractivity contribution in [1.82, 2.24) is 4.98 Å². The lowest BCUT2D eigenvalue weighted by Gasteiger charge is -2.38. The molecule has 6 heteroatoms. The molecule has 5 nitrogen and oxygen atoms in total. The largest absolute Gasteiger partial charge is 0.322 e. The van der Waals surface area contributed by atoms with Crippen molar-refractivity contribution in [3.05, 3.63) is 107 Å². The molecule has 0 bridgehead atoms. The maximum atomic E-state index is 13.7. The molecular weight excluding hydrogens is 429 g/mol. The van der Waals surface area contributed by atoms with E-state index in [2.05, 4.69) is 10.3 Å². The fraction of sp³-hybridized carbons (Fsp3) is 0.214. The topological polar surface area (TPSA) is 71.4 Å². The molecule has 1 aliphatic heterocycles. The number of aromatic nitrogens is 1. The number of hydrogen-bond acceptors (Lipinski definition) is 4. The number of aliphatic imine (C=N–C) groups is 1. The van der Waals surface area contributed by atoms with Crippen LogP contribution in [0, 0.1) is 11.7 Å². The molecule has 34 heavy (non-hydrogen) atoms. The number of benzene rings is 2. The van der Waals surface area contributed by atoms with Gasteiger partial charge < -0.3 is 5.32 Å². The molecule has 0 spiro atoms. The first kappa shape index (κ1) is 21.9. The molecule has 2 aromatic carbocycles. The number of nitrogens with one attached hydrogen (secondary N) is 1. The number of carbonyl (C=O) groups excluding carboxylic acids is 2. The first-order chi connectivity index (χ1) is 16.5. The maximum Gasteiger partial charge on any atom is 0.254 e. The Balaban J connectivity index is 1.56. The number of ketones is 1. The van der Waals surface area contributed by atoms with Crippen LogP contribution in [-0.4, -0.2) is 22.4 Å². The Hall–Kier alpha value is -3.93. The van der Waals surface area contributed by atoms with Gasteiger partial charge in [-0.25, -0.2) is 4.39 Å². The number of hydrogen-bond donors (Lipinski definition) is 1. The van der Waals surface area contributed by atoms with Crippen LogP contribution in [0.5, 0.6) is 0 Å². The highest BCUT2D eigenvalue weighted by molar-refractivity contribution is 6.14. The van der Waals surface area contributed by atoms with Gasteiger partial charge in [0.1, 0.15) is 11.6 Å². The van der Waals surface area contributed by atoms with E-state index in [0.717, 1.165) is 11.3 Å². The number of anilines is 1. The summed E-state index contributed by atoms with van der Waals surface area (Å²) in [5.74, 6) is -1.83. The molecular formula is C28H24FN3O2. The number of fused-ring (bicyclic) bond motifs is 1. The second-order valence-electron chi connectivity index (χ2n) is 8.76. The van der Waals surface area contributed by atoms with Crippen LogP contribution in [0.25, 0.3) is 0 Å². The average molecular weight is 454 g/mol. The summed E-state index contributed by atoms with van der Waals surface area (Å²) in [6.07, 6.45) is 2.70. The van der Waals surface area contributed by atoms with Crippen LogP contribution in [0.15, 0.2) is 95.3 Å². The quantitative estimate of drug-likeness (QED) is 0.572. The van der Waals surface area contributed by atoms with Crippen LogP contribution in [0.4, 0.5) is 10.1 Å². The fourth-order valence-corrected chi connectivity index (χ4v) is 5.08. The molecule has 1 N–H and O–H groups in total. The lowest BCUT2D eigenvalue weighted by Crippen LogP contribution is -2.42. The van der Waals surface area contributed by atoms with Gasteiger partial charge in [-0.1, -0.05) is 42.5 Å². The first-order valence-corrected chi connectivity index (χ1v) is 11.3. The van der Waals surface area contributed by atoms with Gasteiger partial charge in [0.15, 0.2) is 0 Å². The Labute approximate surface area is 197 Å². The Kier molecular flexibility index (Phi) is 5.88. The molecule has 1 amide bonds. The van der Waals surface area contributed by atoms with Gasteiger partial charge in [0, 0.05) is 46.9 Å². The van der Waals surface area contributed by atoms with E-state index in [1.165, 1.54) is 18.2 Å². The van der Waals surface area contributed by atoms with Crippen molar-refractivity contribution in [1.29, 1.82) is 0 Å². The summed E-state index contributed by atoms with van der Waals surface area (Å²) in [6.45, 7) is 1.79. The zero-order chi connectivity index (χ0) is 23.7. The molecule has 2 aliphatic rings. The van der Waals surface area contributed by atoms with E-state index in [4.69, 9.17) is 4.99 Å². The van der Waals surface area contributed by atoms with Gasteiger partial charge in [0.2, 0.25) is 0 Å². The second kappa shape index (κ2) is 9.14. The molecule has 0 saturated heterocycles. The summed E-state index contributed by atoms with van der Waals surface area (Å²) in [5, 5.41) is 2.78. The summed E-state index contributed by atoms with van der Waals surface area (Å²) in [4.78, 5) is 36.3. The van der Waals surface area contributed by atoms with Gasteiger partial charge in [0.25, 0.3) is 5.91 Å². The van der Waals surface area contributed by atoms with E-state index in [1.54, 1.807) is 25.3 Å². The van der Waals surface area contributed by atoms with E-state index in [9.17, 15) is 14.0 Å². The smallest absolute Gasteiger partial charge is 0.254 e. The van der Waals surface area contributed by atoms with Crippen molar-refractivity contribution in [3.8, 4) is 0 Å². The van der Waals surface area contributed by atoms with Crippen molar-refractivity contribution in [3.63, 3.8) is 0 Å².